The van der Waals surface area contributed by atoms with Crippen molar-refractivity contribution < 1.29 is 4.79 Å². The van der Waals surface area contributed by atoms with Gasteiger partial charge >= 0.3 is 0 Å². The first-order valence-electron chi connectivity index (χ1n) is 6.73. The number of halogens is 1. The topological polar surface area (TPSA) is 73.8 Å². The van der Waals surface area contributed by atoms with Crippen molar-refractivity contribution in [2.75, 3.05) is 5.88 Å². The normalized spacial score (nSPS) is 12.9. The molecule has 3 aromatic rings. The molecule has 0 radical (unpaired) electrons. The van der Waals surface area contributed by atoms with Crippen molar-refractivity contribution in [3.8, 4) is 0 Å². The molecule has 0 saturated heterocycles. The van der Waals surface area contributed by atoms with E-state index in [0.29, 0.717) is 12.3 Å². The fraction of sp³-hybridized carbons (Fsp3) is 0.267. The Kier molecular flexibility index (Phi) is 3.51. The summed E-state index contributed by atoms with van der Waals surface area (Å²) in [5.74, 6) is 0.788. The number of nitrogens with zero attached hydrogens (tertiary/aromatic N) is 3. The molecule has 1 unspecified atom stereocenters. The van der Waals surface area contributed by atoms with Gasteiger partial charge in [0.25, 0.3) is 0 Å². The van der Waals surface area contributed by atoms with Crippen LogP contribution in [0.1, 0.15) is 18.8 Å². The van der Waals surface area contributed by atoms with Gasteiger partial charge in [-0.15, -0.1) is 11.6 Å². The minimum Gasteiger partial charge on any atom is -0.368 e. The molecular weight excluding hydrogens is 288 g/mol. The number of aromatic nitrogens is 3. The summed E-state index contributed by atoms with van der Waals surface area (Å²) in [4.78, 5) is 20.6. The number of benzene rings is 1. The lowest BCUT2D eigenvalue weighted by Gasteiger charge is -2.15. The Morgan fingerprint density at radius 2 is 2.14 bits per heavy atom. The molecule has 0 spiro atoms. The minimum absolute atomic E-state index is 0.397. The van der Waals surface area contributed by atoms with Gasteiger partial charge in [-0.1, -0.05) is 18.2 Å². The second-order valence-electron chi connectivity index (χ2n) is 4.92. The van der Waals surface area contributed by atoms with E-state index in [1.165, 1.54) is 0 Å². The van der Waals surface area contributed by atoms with E-state index >= 15 is 0 Å². The van der Waals surface area contributed by atoms with Crippen molar-refractivity contribution in [2.24, 2.45) is 5.73 Å². The fourth-order valence-electron chi connectivity index (χ4n) is 2.58. The quantitative estimate of drug-likeness (QED) is 0.752. The molecule has 0 aliphatic heterocycles. The zero-order valence-corrected chi connectivity index (χ0v) is 12.3. The standard InChI is InChI=1S/C15H15ClN4O/c1-9(15(17)21)20-13(6-7-16)19-12-8-18-11-5-3-2-4-10(11)14(12)20/h2-5,8-9H,6-7H2,1H3,(H2,17,21). The highest BCUT2D eigenvalue weighted by Crippen LogP contribution is 2.27. The van der Waals surface area contributed by atoms with Crippen LogP contribution < -0.4 is 5.73 Å². The number of hydrogen-bond acceptors (Lipinski definition) is 3. The van der Waals surface area contributed by atoms with Crippen LogP contribution in [-0.2, 0) is 11.2 Å². The number of imidazole rings is 1. The van der Waals surface area contributed by atoms with Crippen molar-refractivity contribution in [2.45, 2.75) is 19.4 Å². The number of carbonyl (C=O) groups is 1. The number of rotatable bonds is 4. The first kappa shape index (κ1) is 13.8. The average molecular weight is 303 g/mol. The van der Waals surface area contributed by atoms with Gasteiger partial charge in [0.2, 0.25) is 5.91 Å². The van der Waals surface area contributed by atoms with Gasteiger partial charge in [-0.05, 0) is 13.0 Å². The Hall–Kier alpha value is -2.14. The van der Waals surface area contributed by atoms with Gasteiger partial charge in [0.05, 0.1) is 17.2 Å². The molecule has 0 bridgehead atoms. The molecule has 2 heterocycles. The van der Waals surface area contributed by atoms with Crippen LogP contribution in [-0.4, -0.2) is 26.3 Å². The van der Waals surface area contributed by atoms with Crippen LogP contribution in [0.3, 0.4) is 0 Å². The third-order valence-corrected chi connectivity index (χ3v) is 3.80. The van der Waals surface area contributed by atoms with Gasteiger partial charge in [0.15, 0.2) is 0 Å². The minimum atomic E-state index is -0.487. The second-order valence-corrected chi connectivity index (χ2v) is 5.30. The fourth-order valence-corrected chi connectivity index (χ4v) is 2.75. The Morgan fingerprint density at radius 1 is 1.38 bits per heavy atom. The highest BCUT2D eigenvalue weighted by atomic mass is 35.5. The number of carbonyl (C=O) groups excluding carboxylic acids is 1. The third kappa shape index (κ3) is 2.23. The summed E-state index contributed by atoms with van der Waals surface area (Å²) < 4.78 is 1.88. The van der Waals surface area contributed by atoms with E-state index in [4.69, 9.17) is 17.3 Å². The summed E-state index contributed by atoms with van der Waals surface area (Å²) in [6.45, 7) is 1.77. The number of pyridine rings is 1. The van der Waals surface area contributed by atoms with E-state index in [9.17, 15) is 4.79 Å². The van der Waals surface area contributed by atoms with E-state index in [-0.39, 0.29) is 0 Å². The Morgan fingerprint density at radius 3 is 2.86 bits per heavy atom. The lowest BCUT2D eigenvalue weighted by molar-refractivity contribution is -0.120. The van der Waals surface area contributed by atoms with E-state index in [1.807, 2.05) is 28.8 Å². The first-order valence-corrected chi connectivity index (χ1v) is 7.26. The number of nitrogens with two attached hydrogens (primary N) is 1. The van der Waals surface area contributed by atoms with E-state index in [2.05, 4.69) is 9.97 Å². The Balaban J connectivity index is 2.41. The zero-order chi connectivity index (χ0) is 15.0. The van der Waals surface area contributed by atoms with Crippen molar-refractivity contribution in [3.05, 3.63) is 36.3 Å². The number of amides is 1. The molecule has 1 amide bonds. The highest BCUT2D eigenvalue weighted by molar-refractivity contribution is 6.18. The monoisotopic (exact) mass is 302 g/mol. The summed E-state index contributed by atoms with van der Waals surface area (Å²) in [5.41, 5.74) is 7.99. The summed E-state index contributed by atoms with van der Waals surface area (Å²) in [7, 11) is 0. The van der Waals surface area contributed by atoms with Crippen LogP contribution in [0.2, 0.25) is 0 Å². The maximum absolute atomic E-state index is 11.7. The van der Waals surface area contributed by atoms with Crippen LogP contribution >= 0.6 is 11.6 Å². The van der Waals surface area contributed by atoms with Gasteiger partial charge < -0.3 is 10.3 Å². The van der Waals surface area contributed by atoms with Crippen molar-refractivity contribution in [1.29, 1.82) is 0 Å². The van der Waals surface area contributed by atoms with Crippen LogP contribution in [0.25, 0.3) is 21.9 Å². The maximum atomic E-state index is 11.7. The van der Waals surface area contributed by atoms with Crippen LogP contribution in [0.5, 0.6) is 0 Å². The maximum Gasteiger partial charge on any atom is 0.240 e. The summed E-state index contributed by atoms with van der Waals surface area (Å²) in [6.07, 6.45) is 2.29. The molecule has 1 aromatic carbocycles. The highest BCUT2D eigenvalue weighted by Gasteiger charge is 2.21. The SMILES string of the molecule is CC(C(N)=O)n1c(CCCl)nc2cnc3ccccc3c21. The smallest absolute Gasteiger partial charge is 0.240 e. The van der Waals surface area contributed by atoms with Gasteiger partial charge in [-0.25, -0.2) is 4.98 Å². The van der Waals surface area contributed by atoms with Crippen molar-refractivity contribution in [1.82, 2.24) is 14.5 Å². The Bertz CT molecular complexity index is 827. The van der Waals surface area contributed by atoms with Gasteiger partial charge in [-0.3, -0.25) is 9.78 Å². The molecule has 6 heteroatoms. The third-order valence-electron chi connectivity index (χ3n) is 3.61. The van der Waals surface area contributed by atoms with Crippen LogP contribution in [0.15, 0.2) is 30.5 Å². The van der Waals surface area contributed by atoms with Crippen LogP contribution in [0.4, 0.5) is 0 Å². The predicted molar refractivity (Wildman–Crippen MR) is 83.4 cm³/mol. The number of hydrogen-bond donors (Lipinski definition) is 1. The average Bonchev–Trinajstić information content (AvgIpc) is 2.85. The number of aryl methyl sites for hydroxylation is 1. The van der Waals surface area contributed by atoms with E-state index in [0.717, 1.165) is 27.8 Å². The second kappa shape index (κ2) is 5.33. The number of primary amides is 1. The van der Waals surface area contributed by atoms with E-state index < -0.39 is 11.9 Å². The number of fused-ring (bicyclic) bond motifs is 3. The van der Waals surface area contributed by atoms with Crippen LogP contribution in [0, 0.1) is 0 Å². The largest absolute Gasteiger partial charge is 0.368 e. The molecule has 3 rings (SSSR count). The zero-order valence-electron chi connectivity index (χ0n) is 11.6. The number of alkyl halides is 1. The van der Waals surface area contributed by atoms with Gasteiger partial charge in [0, 0.05) is 17.7 Å². The molecule has 5 nitrogen and oxygen atoms in total. The summed E-state index contributed by atoms with van der Waals surface area (Å²) in [6, 6.07) is 7.29. The molecule has 0 fully saturated rings. The molecule has 21 heavy (non-hydrogen) atoms. The molecule has 2 aromatic heterocycles. The first-order chi connectivity index (χ1) is 10.1. The molecule has 108 valence electrons. The molecule has 1 atom stereocenters. The lowest BCUT2D eigenvalue weighted by atomic mass is 10.2. The molecular formula is C15H15ClN4O. The van der Waals surface area contributed by atoms with Gasteiger partial charge in [0.1, 0.15) is 17.4 Å². The molecule has 2 N–H and O–H groups in total. The molecule has 0 aliphatic rings. The molecule has 0 saturated carbocycles. The van der Waals surface area contributed by atoms with E-state index in [1.54, 1.807) is 13.1 Å². The Labute approximate surface area is 126 Å². The summed E-state index contributed by atoms with van der Waals surface area (Å²) >= 11 is 5.85. The molecule has 0 aliphatic carbocycles. The van der Waals surface area contributed by atoms with Crippen molar-refractivity contribution in [3.63, 3.8) is 0 Å². The summed E-state index contributed by atoms with van der Waals surface area (Å²) in [5, 5.41) is 0.955. The van der Waals surface area contributed by atoms with Gasteiger partial charge in [-0.2, -0.15) is 0 Å². The van der Waals surface area contributed by atoms with Crippen molar-refractivity contribution >= 4 is 39.4 Å². The number of para-hydroxylation sites is 1. The predicted octanol–water partition coefficient (Wildman–Crippen LogP) is 2.41. The lowest BCUT2D eigenvalue weighted by Crippen LogP contribution is -2.25.